The largest absolute Gasteiger partial charge is 0.571 e. The molecule has 2 aliphatic carbocycles. The van der Waals surface area contributed by atoms with Gasteiger partial charge >= 0.3 is 15.4 Å². The molecule has 3 aromatic carbocycles. The van der Waals surface area contributed by atoms with Gasteiger partial charge in [-0.1, -0.05) is 73.2 Å². The molecular formula is C34H34N2O5P3+. The molecular weight excluding hydrogens is 609 g/mol. The van der Waals surface area contributed by atoms with Gasteiger partial charge in [-0.05, 0) is 93.3 Å². The fraction of sp³-hybridized carbons (Fsp3) is 0.176. The number of rotatable bonds is 13. The number of terminal acetylenes is 1. The lowest BCUT2D eigenvalue weighted by Crippen LogP contribution is -2.14. The minimum atomic E-state index is -3.57. The van der Waals surface area contributed by atoms with E-state index in [0.717, 1.165) is 31.4 Å². The van der Waals surface area contributed by atoms with Gasteiger partial charge in [-0.25, -0.2) is 4.74 Å². The summed E-state index contributed by atoms with van der Waals surface area (Å²) in [5.74, 6) is 2.31. The molecule has 2 atom stereocenters. The molecule has 10 heteroatoms. The van der Waals surface area contributed by atoms with Gasteiger partial charge in [0.05, 0.1) is 0 Å². The van der Waals surface area contributed by atoms with E-state index in [-0.39, 0.29) is 0 Å². The number of nitrogens with zero attached hydrogens (tertiary/aromatic N) is 2. The lowest BCUT2D eigenvalue weighted by atomic mass is 10.2. The van der Waals surface area contributed by atoms with E-state index in [1.807, 2.05) is 128 Å². The molecule has 0 bridgehead atoms. The first kappa shape index (κ1) is 31.4. The normalized spacial score (nSPS) is 16.5. The van der Waals surface area contributed by atoms with E-state index < -0.39 is 21.2 Å². The van der Waals surface area contributed by atoms with Gasteiger partial charge in [0.25, 0.3) is 0 Å². The predicted octanol–water partition coefficient (Wildman–Crippen LogP) is 11.5. The molecule has 0 fully saturated rings. The van der Waals surface area contributed by atoms with E-state index in [9.17, 15) is 0 Å². The molecule has 5 rings (SSSR count). The van der Waals surface area contributed by atoms with Gasteiger partial charge in [-0.3, -0.25) is 9.05 Å². The molecule has 3 aromatic rings. The van der Waals surface area contributed by atoms with E-state index in [1.165, 1.54) is 0 Å². The van der Waals surface area contributed by atoms with Crippen LogP contribution >= 0.6 is 24.0 Å². The number of hydrogen-bond donors (Lipinski definition) is 0. The molecule has 0 aliphatic heterocycles. The Labute approximate surface area is 262 Å². The van der Waals surface area contributed by atoms with E-state index in [2.05, 4.69) is 11.7 Å². The van der Waals surface area contributed by atoms with Gasteiger partial charge in [0.1, 0.15) is 17.3 Å². The first-order chi connectivity index (χ1) is 21.6. The Balaban J connectivity index is 1.67. The summed E-state index contributed by atoms with van der Waals surface area (Å²) in [5, 5.41) is 0. The van der Waals surface area contributed by atoms with Crippen LogP contribution in [0.4, 0.5) is 0 Å². The molecule has 7 nitrogen and oxygen atoms in total. The van der Waals surface area contributed by atoms with Crippen molar-refractivity contribution in [1.82, 2.24) is 0 Å². The van der Waals surface area contributed by atoms with E-state index in [1.54, 1.807) is 0 Å². The van der Waals surface area contributed by atoms with Gasteiger partial charge in [-0.15, -0.1) is 0 Å². The Hall–Kier alpha value is -4.06. The lowest BCUT2D eigenvalue weighted by molar-refractivity contribution is 0.399. The Kier molecular flexibility index (Phi) is 11.1. The summed E-state index contributed by atoms with van der Waals surface area (Å²) < 4.78 is 42.7. The third-order valence-electron chi connectivity index (χ3n) is 6.32. The van der Waals surface area contributed by atoms with Crippen LogP contribution in [0.15, 0.2) is 148 Å². The second kappa shape index (κ2) is 15.6. The second-order valence-corrected chi connectivity index (χ2v) is 14.9. The highest BCUT2D eigenvalue weighted by Crippen LogP contribution is 2.72. The minimum Gasteiger partial charge on any atom is -0.427 e. The van der Waals surface area contributed by atoms with Gasteiger partial charge in [0.15, 0.2) is 23.0 Å². The monoisotopic (exact) mass is 643 g/mol. The number of benzene rings is 3. The maximum absolute atomic E-state index is 6.77. The van der Waals surface area contributed by atoms with Crippen molar-refractivity contribution in [2.75, 3.05) is 0 Å². The predicted molar refractivity (Wildman–Crippen MR) is 180 cm³/mol. The average molecular weight is 644 g/mol. The summed E-state index contributed by atoms with van der Waals surface area (Å²) >= 11 is 0. The van der Waals surface area contributed by atoms with Crippen molar-refractivity contribution in [3.8, 4) is 29.3 Å². The van der Waals surface area contributed by atoms with Crippen LogP contribution in [-0.4, -0.2) is 5.78 Å². The van der Waals surface area contributed by atoms with Crippen LogP contribution in [0.3, 0.4) is 0 Å². The van der Waals surface area contributed by atoms with E-state index in [4.69, 9.17) is 38.3 Å². The molecule has 224 valence electrons. The first-order valence-corrected chi connectivity index (χ1v) is 18.3. The van der Waals surface area contributed by atoms with Crippen molar-refractivity contribution in [3.05, 3.63) is 139 Å². The van der Waals surface area contributed by atoms with Crippen LogP contribution < -0.4 is 13.6 Å². The Bertz CT molecular complexity index is 1590. The van der Waals surface area contributed by atoms with Crippen molar-refractivity contribution < 1.29 is 22.6 Å². The molecule has 44 heavy (non-hydrogen) atoms. The molecule has 0 heterocycles. The van der Waals surface area contributed by atoms with Crippen molar-refractivity contribution in [1.29, 1.82) is 0 Å². The maximum Gasteiger partial charge on any atom is 0.571 e. The summed E-state index contributed by atoms with van der Waals surface area (Å²) in [5.41, 5.74) is 2.80. The molecule has 2 unspecified atom stereocenters. The SMILES string of the molecule is C#C[P+](N=P(Oc1ccccc1)(Oc1ccccc1)C(C)N=POC1=CCCC=C1)(OC1=CCCC=C1)Oc1ccccc1. The number of hydrogen-bond acceptors (Lipinski definition) is 7. The highest BCUT2D eigenvalue weighted by molar-refractivity contribution is 7.77. The smallest absolute Gasteiger partial charge is 0.427 e. The fourth-order valence-corrected chi connectivity index (χ4v) is 10.1. The van der Waals surface area contributed by atoms with Crippen LogP contribution in [-0.2, 0) is 9.05 Å². The first-order valence-electron chi connectivity index (χ1n) is 14.3. The van der Waals surface area contributed by atoms with Crippen LogP contribution in [0.2, 0.25) is 0 Å². The maximum atomic E-state index is 6.77. The quantitative estimate of drug-likeness (QED) is 0.137. The van der Waals surface area contributed by atoms with E-state index >= 15 is 0 Å². The van der Waals surface area contributed by atoms with Crippen molar-refractivity contribution in [2.24, 2.45) is 9.26 Å². The third-order valence-corrected chi connectivity index (χ3v) is 12.4. The molecule has 0 radical (unpaired) electrons. The molecule has 2 aliphatic rings. The number of para-hydroxylation sites is 3. The molecule has 0 saturated heterocycles. The Morgan fingerprint density at radius 1 is 0.727 bits per heavy atom. The molecule has 0 spiro atoms. The fourth-order valence-electron chi connectivity index (χ4n) is 4.13. The molecule has 0 amide bonds. The highest BCUT2D eigenvalue weighted by Gasteiger charge is 2.53. The minimum absolute atomic E-state index is 0.366. The van der Waals surface area contributed by atoms with Gasteiger partial charge < -0.3 is 13.6 Å². The zero-order valence-corrected chi connectivity index (χ0v) is 27.1. The summed E-state index contributed by atoms with van der Waals surface area (Å²) in [4.78, 5) is 0. The Morgan fingerprint density at radius 3 is 1.75 bits per heavy atom. The highest BCUT2D eigenvalue weighted by atomic mass is 31.2. The van der Waals surface area contributed by atoms with E-state index in [0.29, 0.717) is 31.6 Å². The lowest BCUT2D eigenvalue weighted by Gasteiger charge is -2.28. The standard InChI is InChI=1S/C34H34N2O5P3/c1-3-43(38-31-21-11-5-12-22-31,39-32-23-13-6-14-24-32)36-44(40-33-25-15-7-16-26-33,41-34-27-17-8-18-28-34)29(2)35-42-37-30-19-9-4-10-20-30/h1,5,7-9,11-13,15-29H,4,6,10,14H2,2H3/q+1. The van der Waals surface area contributed by atoms with Crippen LogP contribution in [0.1, 0.15) is 32.6 Å². The number of allylic oxidation sites excluding steroid dienone is 6. The zero-order valence-electron chi connectivity index (χ0n) is 24.4. The Morgan fingerprint density at radius 2 is 1.25 bits per heavy atom. The molecule has 0 N–H and O–H groups in total. The average Bonchev–Trinajstić information content (AvgIpc) is 3.07. The summed E-state index contributed by atoms with van der Waals surface area (Å²) in [7, 11) is -6.71. The second-order valence-electron chi connectivity index (χ2n) is 9.70. The summed E-state index contributed by atoms with van der Waals surface area (Å²) in [6.07, 6.45) is 21.9. The summed E-state index contributed by atoms with van der Waals surface area (Å²) in [6, 6.07) is 28.0. The van der Waals surface area contributed by atoms with Gasteiger partial charge in [0.2, 0.25) is 8.60 Å². The van der Waals surface area contributed by atoms with Crippen molar-refractivity contribution in [2.45, 2.75) is 38.4 Å². The van der Waals surface area contributed by atoms with Crippen LogP contribution in [0.25, 0.3) is 0 Å². The van der Waals surface area contributed by atoms with Crippen molar-refractivity contribution in [3.63, 3.8) is 0 Å². The molecule has 0 saturated carbocycles. The zero-order chi connectivity index (χ0) is 30.5. The van der Waals surface area contributed by atoms with Crippen molar-refractivity contribution >= 4 is 24.0 Å². The third kappa shape index (κ3) is 8.75. The van der Waals surface area contributed by atoms with Gasteiger partial charge in [-0.2, -0.15) is 0 Å². The van der Waals surface area contributed by atoms with Crippen LogP contribution in [0, 0.1) is 12.1 Å². The van der Waals surface area contributed by atoms with Crippen LogP contribution in [0.5, 0.6) is 17.2 Å². The topological polar surface area (TPSA) is 70.9 Å². The summed E-state index contributed by atoms with van der Waals surface area (Å²) in [6.45, 7) is 1.89. The van der Waals surface area contributed by atoms with Gasteiger partial charge in [0, 0.05) is 4.52 Å². The molecule has 0 aromatic heterocycles.